The van der Waals surface area contributed by atoms with Crippen molar-refractivity contribution in [2.45, 2.75) is 92.4 Å². The van der Waals surface area contributed by atoms with Gasteiger partial charge < -0.3 is 74.4 Å². The van der Waals surface area contributed by atoms with Crippen molar-refractivity contribution in [3.05, 3.63) is 0 Å². The molecule has 3 fully saturated rings. The van der Waals surface area contributed by atoms with Crippen molar-refractivity contribution < 1.29 is 79.2 Å². The second-order valence-corrected chi connectivity index (χ2v) is 10.4. The summed E-state index contributed by atoms with van der Waals surface area (Å²) in [4.78, 5) is 11.0. The zero-order valence-electron chi connectivity index (χ0n) is 22.3. The van der Waals surface area contributed by atoms with E-state index in [1.54, 1.807) is 0 Å². The first kappa shape index (κ1) is 33.4. The molecule has 9 N–H and O–H groups in total. The zero-order chi connectivity index (χ0) is 29.7. The maximum atomic E-state index is 11.2. The van der Waals surface area contributed by atoms with Gasteiger partial charge in [0.2, 0.25) is 0 Å². The molecule has 6 unspecified atom stereocenters. The van der Waals surface area contributed by atoms with Crippen LogP contribution in [0, 0.1) is 11.8 Å². The number of carbonyl (C=O) groups is 1. The second-order valence-electron chi connectivity index (χ2n) is 10.4. The number of aliphatic carboxylic acids is 1. The van der Waals surface area contributed by atoms with Crippen LogP contribution in [0.2, 0.25) is 0 Å². The summed E-state index contributed by atoms with van der Waals surface area (Å²) in [6.45, 7) is -2.01. The highest BCUT2D eigenvalue weighted by molar-refractivity contribution is 5.67. The van der Waals surface area contributed by atoms with Gasteiger partial charge in [-0.3, -0.25) is 0 Å². The third-order valence-corrected chi connectivity index (χ3v) is 7.99. The lowest BCUT2D eigenvalue weighted by molar-refractivity contribution is -0.315. The molecule has 3 aliphatic rings. The molecule has 0 amide bonds. The maximum Gasteiger partial charge on any atom is 0.329 e. The zero-order valence-corrected chi connectivity index (χ0v) is 22.3. The van der Waals surface area contributed by atoms with Gasteiger partial charge in [-0.05, 0) is 24.7 Å². The van der Waals surface area contributed by atoms with Gasteiger partial charge in [-0.25, -0.2) is 4.79 Å². The van der Waals surface area contributed by atoms with E-state index in [-0.39, 0.29) is 19.4 Å². The van der Waals surface area contributed by atoms with E-state index in [0.29, 0.717) is 0 Å². The van der Waals surface area contributed by atoms with Crippen molar-refractivity contribution >= 4 is 5.97 Å². The van der Waals surface area contributed by atoms with Gasteiger partial charge in [-0.15, -0.1) is 0 Å². The molecular formula is C24H42O16. The van der Waals surface area contributed by atoms with Crippen LogP contribution in [-0.4, -0.2) is 172 Å². The quantitative estimate of drug-likeness (QED) is 0.104. The largest absolute Gasteiger partial charge is 0.480 e. The highest BCUT2D eigenvalue weighted by Crippen LogP contribution is 2.40. The summed E-state index contributed by atoms with van der Waals surface area (Å²) in [5.74, 6) is -2.78. The highest BCUT2D eigenvalue weighted by Gasteiger charge is 2.52. The molecule has 40 heavy (non-hydrogen) atoms. The summed E-state index contributed by atoms with van der Waals surface area (Å²) in [6.07, 6.45) is -17.3. The third-order valence-electron chi connectivity index (χ3n) is 7.99. The molecule has 15 atom stereocenters. The number of carboxylic acids is 1. The number of carboxylic acid groups (broad SMARTS) is 1. The number of aliphatic hydroxyl groups excluding tert-OH is 8. The first-order valence-corrected chi connectivity index (χ1v) is 13.1. The average Bonchev–Trinajstić information content (AvgIpc) is 2.93. The van der Waals surface area contributed by atoms with Gasteiger partial charge in [0, 0.05) is 14.2 Å². The summed E-state index contributed by atoms with van der Waals surface area (Å²) >= 11 is 0. The molecule has 16 heteroatoms. The molecule has 2 heterocycles. The third kappa shape index (κ3) is 7.27. The van der Waals surface area contributed by atoms with Crippen molar-refractivity contribution in [1.29, 1.82) is 0 Å². The fourth-order valence-corrected chi connectivity index (χ4v) is 5.86. The lowest BCUT2D eigenvalue weighted by Crippen LogP contribution is -2.63. The molecule has 1 aliphatic carbocycles. The first-order valence-electron chi connectivity index (χ1n) is 13.1. The van der Waals surface area contributed by atoms with Crippen LogP contribution in [0.1, 0.15) is 12.8 Å². The fraction of sp³-hybridized carbons (Fsp3) is 0.958. The van der Waals surface area contributed by atoms with E-state index in [4.69, 9.17) is 33.5 Å². The molecule has 0 radical (unpaired) electrons. The average molecular weight is 587 g/mol. The van der Waals surface area contributed by atoms with Gasteiger partial charge in [0.05, 0.1) is 38.1 Å². The van der Waals surface area contributed by atoms with Crippen LogP contribution >= 0.6 is 0 Å². The molecule has 0 aromatic heterocycles. The molecule has 0 aromatic carbocycles. The van der Waals surface area contributed by atoms with E-state index < -0.39 is 117 Å². The molecule has 234 valence electrons. The molecule has 1 saturated carbocycles. The van der Waals surface area contributed by atoms with Crippen LogP contribution in [-0.2, 0) is 33.2 Å². The topological polar surface area (TPSA) is 255 Å². The van der Waals surface area contributed by atoms with Crippen LogP contribution in [0.15, 0.2) is 0 Å². The Morgan fingerprint density at radius 2 is 1.40 bits per heavy atom. The normalized spacial score (nSPS) is 46.3. The van der Waals surface area contributed by atoms with Gasteiger partial charge in [-0.1, -0.05) is 0 Å². The lowest BCUT2D eigenvalue weighted by atomic mass is 9.71. The summed E-state index contributed by atoms with van der Waals surface area (Å²) in [5, 5.41) is 92.7. The van der Waals surface area contributed by atoms with E-state index in [1.807, 2.05) is 0 Å². The Hall–Kier alpha value is -1.09. The Morgan fingerprint density at radius 3 is 1.98 bits per heavy atom. The highest BCUT2D eigenvalue weighted by atomic mass is 16.7. The molecule has 2 aliphatic heterocycles. The van der Waals surface area contributed by atoms with Gasteiger partial charge in [0.1, 0.15) is 61.5 Å². The van der Waals surface area contributed by atoms with Crippen LogP contribution < -0.4 is 0 Å². The Kier molecular flexibility index (Phi) is 12.4. The Morgan fingerprint density at radius 1 is 0.775 bits per heavy atom. The van der Waals surface area contributed by atoms with Gasteiger partial charge in [0.25, 0.3) is 0 Å². The van der Waals surface area contributed by atoms with Crippen LogP contribution in [0.3, 0.4) is 0 Å². The number of aliphatic hydroxyl groups is 8. The fourth-order valence-electron chi connectivity index (χ4n) is 5.86. The molecule has 2 saturated heterocycles. The summed E-state index contributed by atoms with van der Waals surface area (Å²) < 4.78 is 32.5. The van der Waals surface area contributed by atoms with E-state index in [0.717, 1.165) is 0 Å². The molecule has 0 aromatic rings. The SMILES string of the molecule is CO[C@@H]1OC(CO)[C@H](O[C@@H]2CC(COCC(=O)O)[C@H](C[C@@H]3OC(CO)[C@H](OC)[C@@H](O)C3O)[C@@H](O)C2O)[C@@H](O)C1O. The van der Waals surface area contributed by atoms with E-state index in [2.05, 4.69) is 0 Å². The summed E-state index contributed by atoms with van der Waals surface area (Å²) in [5.41, 5.74) is 0. The predicted molar refractivity (Wildman–Crippen MR) is 129 cm³/mol. The van der Waals surface area contributed by atoms with Gasteiger partial charge in [0.15, 0.2) is 6.29 Å². The minimum atomic E-state index is -1.59. The second kappa shape index (κ2) is 14.9. The van der Waals surface area contributed by atoms with Crippen LogP contribution in [0.25, 0.3) is 0 Å². The minimum absolute atomic E-state index is 0.0385. The van der Waals surface area contributed by atoms with Crippen LogP contribution in [0.4, 0.5) is 0 Å². The van der Waals surface area contributed by atoms with E-state index in [1.165, 1.54) is 14.2 Å². The molecule has 3 rings (SSSR count). The predicted octanol–water partition coefficient (Wildman–Crippen LogP) is -4.83. The standard InChI is InChI=1S/C24H42O16/c1-35-22-13(5-25)38-12(18(31)19(22)32)4-10-9(7-37-8-15(27)28)3-11(17(30)16(10)29)39-23-14(6-26)40-24(36-2)21(34)20(23)33/h9-14,16-26,29-34H,3-8H2,1-2H3,(H,27,28)/t9?,10-,11+,12-,13?,14?,16+,17?,18?,19-,20-,21?,22-,23-,24+/m0/s1. The molecular weight excluding hydrogens is 544 g/mol. The molecule has 0 spiro atoms. The number of methoxy groups -OCH3 is 2. The number of hydrogen-bond donors (Lipinski definition) is 9. The summed E-state index contributed by atoms with van der Waals surface area (Å²) in [7, 11) is 2.53. The number of ether oxygens (including phenoxy) is 6. The molecule has 16 nitrogen and oxygen atoms in total. The number of hydrogen-bond acceptors (Lipinski definition) is 15. The Bertz CT molecular complexity index is 784. The Balaban J connectivity index is 1.80. The smallest absolute Gasteiger partial charge is 0.329 e. The van der Waals surface area contributed by atoms with Gasteiger partial charge >= 0.3 is 5.97 Å². The monoisotopic (exact) mass is 586 g/mol. The first-order chi connectivity index (χ1) is 19.0. The number of rotatable bonds is 12. The Labute approximate surface area is 230 Å². The van der Waals surface area contributed by atoms with Crippen LogP contribution in [0.5, 0.6) is 0 Å². The lowest BCUT2D eigenvalue weighted by Gasteiger charge is -2.49. The van der Waals surface area contributed by atoms with Crippen molar-refractivity contribution in [3.8, 4) is 0 Å². The van der Waals surface area contributed by atoms with Gasteiger partial charge in [-0.2, -0.15) is 0 Å². The van der Waals surface area contributed by atoms with Crippen molar-refractivity contribution in [1.82, 2.24) is 0 Å². The van der Waals surface area contributed by atoms with Crippen molar-refractivity contribution in [2.24, 2.45) is 11.8 Å². The minimum Gasteiger partial charge on any atom is -0.480 e. The van der Waals surface area contributed by atoms with Crippen molar-refractivity contribution in [2.75, 3.05) is 40.6 Å². The summed E-state index contributed by atoms with van der Waals surface area (Å²) in [6, 6.07) is 0. The maximum absolute atomic E-state index is 11.2. The van der Waals surface area contributed by atoms with E-state index in [9.17, 15) is 45.6 Å². The van der Waals surface area contributed by atoms with Crippen molar-refractivity contribution in [3.63, 3.8) is 0 Å². The van der Waals surface area contributed by atoms with E-state index >= 15 is 0 Å². The molecule has 0 bridgehead atoms.